The second-order valence-electron chi connectivity index (χ2n) is 5.77. The third kappa shape index (κ3) is 4.80. The molecule has 2 heterocycles. The van der Waals surface area contributed by atoms with Gasteiger partial charge in [-0.1, -0.05) is 0 Å². The minimum Gasteiger partial charge on any atom is -0.478 e. The second kappa shape index (κ2) is 7.89. The molecule has 1 aromatic heterocycles. The largest absolute Gasteiger partial charge is 0.478 e. The number of likely N-dealkylation sites (N-methyl/N-ethyl adjacent to an activating group) is 1. The van der Waals surface area contributed by atoms with E-state index in [9.17, 15) is 9.59 Å². The van der Waals surface area contributed by atoms with Gasteiger partial charge in [-0.25, -0.2) is 4.79 Å². The number of likely N-dealkylation sites (tertiary alicyclic amines) is 1. The Hall–Kier alpha value is -1.95. The van der Waals surface area contributed by atoms with Crippen LogP contribution in [0, 0.1) is 0 Å². The molecule has 120 valence electrons. The Labute approximate surface area is 130 Å². The Morgan fingerprint density at radius 3 is 2.73 bits per heavy atom. The molecule has 0 spiro atoms. The van der Waals surface area contributed by atoms with Gasteiger partial charge in [0.15, 0.2) is 0 Å². The standard InChI is InChI=1S/C16H23N3O3/c1-18(12-15(20)19-8-3-2-4-9-19)10-6-14-11-13(16(21)22)5-7-17-14/h5,7,11H,2-4,6,8-10,12H2,1H3,(H,21,22). The zero-order chi connectivity index (χ0) is 15.9. The van der Waals surface area contributed by atoms with Crippen molar-refractivity contribution in [1.82, 2.24) is 14.8 Å². The molecule has 1 fully saturated rings. The summed E-state index contributed by atoms with van der Waals surface area (Å²) in [4.78, 5) is 31.2. The third-order valence-electron chi connectivity index (χ3n) is 3.93. The maximum absolute atomic E-state index is 12.2. The Morgan fingerprint density at radius 2 is 2.05 bits per heavy atom. The predicted octanol–water partition coefficient (Wildman–Crippen LogP) is 1.27. The minimum absolute atomic E-state index is 0.175. The predicted molar refractivity (Wildman–Crippen MR) is 82.8 cm³/mol. The summed E-state index contributed by atoms with van der Waals surface area (Å²) in [5.74, 6) is -0.772. The first-order valence-corrected chi connectivity index (χ1v) is 7.71. The fourth-order valence-electron chi connectivity index (χ4n) is 2.61. The number of carboxylic acid groups (broad SMARTS) is 1. The van der Waals surface area contributed by atoms with Crippen LogP contribution in [0.5, 0.6) is 0 Å². The van der Waals surface area contributed by atoms with Crippen molar-refractivity contribution in [2.75, 3.05) is 33.2 Å². The molecule has 0 bridgehead atoms. The number of hydrogen-bond donors (Lipinski definition) is 1. The van der Waals surface area contributed by atoms with Crippen molar-refractivity contribution >= 4 is 11.9 Å². The molecule has 0 saturated carbocycles. The highest BCUT2D eigenvalue weighted by atomic mass is 16.4. The number of hydrogen-bond acceptors (Lipinski definition) is 4. The van der Waals surface area contributed by atoms with Crippen LogP contribution < -0.4 is 0 Å². The molecule has 0 radical (unpaired) electrons. The molecule has 1 aliphatic heterocycles. The lowest BCUT2D eigenvalue weighted by Crippen LogP contribution is -2.42. The van der Waals surface area contributed by atoms with E-state index in [-0.39, 0.29) is 11.5 Å². The van der Waals surface area contributed by atoms with Gasteiger partial charge in [0.1, 0.15) is 0 Å². The Morgan fingerprint density at radius 1 is 1.32 bits per heavy atom. The van der Waals surface area contributed by atoms with Gasteiger partial charge in [0.2, 0.25) is 5.91 Å². The van der Waals surface area contributed by atoms with E-state index in [1.54, 1.807) is 6.07 Å². The van der Waals surface area contributed by atoms with Crippen molar-refractivity contribution in [3.63, 3.8) is 0 Å². The fraction of sp³-hybridized carbons (Fsp3) is 0.562. The number of rotatable bonds is 6. The molecule has 1 aliphatic rings. The smallest absolute Gasteiger partial charge is 0.335 e. The van der Waals surface area contributed by atoms with Gasteiger partial charge in [-0.2, -0.15) is 0 Å². The molecule has 1 aromatic rings. The van der Waals surface area contributed by atoms with Crippen molar-refractivity contribution in [3.05, 3.63) is 29.6 Å². The monoisotopic (exact) mass is 305 g/mol. The molecular weight excluding hydrogens is 282 g/mol. The van der Waals surface area contributed by atoms with Gasteiger partial charge >= 0.3 is 5.97 Å². The molecule has 6 nitrogen and oxygen atoms in total. The first-order valence-electron chi connectivity index (χ1n) is 7.71. The number of piperidine rings is 1. The Bertz CT molecular complexity index is 527. The summed E-state index contributed by atoms with van der Waals surface area (Å²) in [5, 5.41) is 8.96. The highest BCUT2D eigenvalue weighted by Gasteiger charge is 2.17. The van der Waals surface area contributed by atoms with Crippen molar-refractivity contribution in [2.45, 2.75) is 25.7 Å². The molecular formula is C16H23N3O3. The van der Waals surface area contributed by atoms with Gasteiger partial charge in [0.05, 0.1) is 12.1 Å². The van der Waals surface area contributed by atoms with Gasteiger partial charge < -0.3 is 10.0 Å². The maximum atomic E-state index is 12.2. The van der Waals surface area contributed by atoms with Crippen LogP contribution in [0.2, 0.25) is 0 Å². The van der Waals surface area contributed by atoms with Gasteiger partial charge in [0, 0.05) is 37.9 Å². The van der Waals surface area contributed by atoms with E-state index in [1.807, 2.05) is 16.8 Å². The number of carbonyl (C=O) groups excluding carboxylic acids is 1. The van der Waals surface area contributed by atoms with E-state index in [0.717, 1.165) is 31.6 Å². The zero-order valence-electron chi connectivity index (χ0n) is 13.0. The van der Waals surface area contributed by atoms with Crippen LogP contribution >= 0.6 is 0 Å². The van der Waals surface area contributed by atoms with E-state index in [1.165, 1.54) is 18.7 Å². The average molecular weight is 305 g/mol. The third-order valence-corrected chi connectivity index (χ3v) is 3.93. The van der Waals surface area contributed by atoms with Crippen molar-refractivity contribution in [1.29, 1.82) is 0 Å². The van der Waals surface area contributed by atoms with Crippen molar-refractivity contribution in [2.24, 2.45) is 0 Å². The zero-order valence-corrected chi connectivity index (χ0v) is 13.0. The molecule has 1 saturated heterocycles. The average Bonchev–Trinajstić information content (AvgIpc) is 2.54. The SMILES string of the molecule is CN(CCc1cc(C(=O)O)ccn1)CC(=O)N1CCCCC1. The minimum atomic E-state index is -0.947. The topological polar surface area (TPSA) is 73.7 Å². The number of aromatic nitrogens is 1. The number of carbonyl (C=O) groups is 2. The van der Waals surface area contributed by atoms with Gasteiger partial charge in [-0.15, -0.1) is 0 Å². The van der Waals surface area contributed by atoms with Gasteiger partial charge in [-0.3, -0.25) is 14.7 Å². The van der Waals surface area contributed by atoms with Crippen LogP contribution in [0.1, 0.15) is 35.3 Å². The van der Waals surface area contributed by atoms with Crippen LogP contribution in [0.25, 0.3) is 0 Å². The summed E-state index contributed by atoms with van der Waals surface area (Å²) < 4.78 is 0. The summed E-state index contributed by atoms with van der Waals surface area (Å²) in [6.07, 6.45) is 5.55. The molecule has 22 heavy (non-hydrogen) atoms. The molecule has 1 N–H and O–H groups in total. The molecule has 0 aromatic carbocycles. The highest BCUT2D eigenvalue weighted by molar-refractivity contribution is 5.87. The molecule has 1 amide bonds. The number of nitrogens with zero attached hydrogens (tertiary/aromatic N) is 3. The molecule has 0 atom stereocenters. The lowest BCUT2D eigenvalue weighted by Gasteiger charge is -2.28. The van der Waals surface area contributed by atoms with E-state index >= 15 is 0 Å². The maximum Gasteiger partial charge on any atom is 0.335 e. The summed E-state index contributed by atoms with van der Waals surface area (Å²) in [7, 11) is 1.91. The van der Waals surface area contributed by atoms with Gasteiger partial charge in [-0.05, 0) is 38.4 Å². The number of aromatic carboxylic acids is 1. The second-order valence-corrected chi connectivity index (χ2v) is 5.77. The Kier molecular flexibility index (Phi) is 5.89. The normalized spacial score (nSPS) is 15.1. The van der Waals surface area contributed by atoms with Gasteiger partial charge in [0.25, 0.3) is 0 Å². The van der Waals surface area contributed by atoms with Crippen LogP contribution in [0.15, 0.2) is 18.3 Å². The number of pyridine rings is 1. The lowest BCUT2D eigenvalue weighted by molar-refractivity contribution is -0.133. The van der Waals surface area contributed by atoms with Crippen LogP contribution in [0.4, 0.5) is 0 Å². The first-order chi connectivity index (χ1) is 10.6. The summed E-state index contributed by atoms with van der Waals surface area (Å²) in [6.45, 7) is 2.82. The number of carboxylic acids is 1. The van der Waals surface area contributed by atoms with Crippen LogP contribution in [-0.2, 0) is 11.2 Å². The quantitative estimate of drug-likeness (QED) is 0.856. The highest BCUT2D eigenvalue weighted by Crippen LogP contribution is 2.09. The molecule has 0 unspecified atom stereocenters. The summed E-state index contributed by atoms with van der Waals surface area (Å²) in [6, 6.07) is 3.07. The molecule has 2 rings (SSSR count). The Balaban J connectivity index is 1.79. The first kappa shape index (κ1) is 16.4. The fourth-order valence-corrected chi connectivity index (χ4v) is 2.61. The van der Waals surface area contributed by atoms with E-state index in [0.29, 0.717) is 19.5 Å². The van der Waals surface area contributed by atoms with Crippen molar-refractivity contribution < 1.29 is 14.7 Å². The van der Waals surface area contributed by atoms with E-state index in [2.05, 4.69) is 4.98 Å². The van der Waals surface area contributed by atoms with E-state index < -0.39 is 5.97 Å². The molecule has 0 aliphatic carbocycles. The van der Waals surface area contributed by atoms with Crippen molar-refractivity contribution in [3.8, 4) is 0 Å². The lowest BCUT2D eigenvalue weighted by atomic mass is 10.1. The number of amides is 1. The summed E-state index contributed by atoms with van der Waals surface area (Å²) >= 11 is 0. The van der Waals surface area contributed by atoms with Crippen LogP contribution in [-0.4, -0.2) is 65.0 Å². The van der Waals surface area contributed by atoms with E-state index in [4.69, 9.17) is 5.11 Å². The van der Waals surface area contributed by atoms with Crippen LogP contribution in [0.3, 0.4) is 0 Å². The summed E-state index contributed by atoms with van der Waals surface area (Å²) in [5.41, 5.74) is 0.981. The molecule has 6 heteroatoms.